The third-order valence-corrected chi connectivity index (χ3v) is 3.19. The fraction of sp³-hybridized carbons (Fsp3) is 0.375. The van der Waals surface area contributed by atoms with Gasteiger partial charge in [0.05, 0.1) is 6.42 Å². The molecule has 86 valence electrons. The zero-order chi connectivity index (χ0) is 11.9. The molecule has 0 radical (unpaired) electrons. The minimum atomic E-state index is -0.570. The molecular formula is C8H10N4O2S2. The molecule has 0 saturated carbocycles. The van der Waals surface area contributed by atoms with E-state index < -0.39 is 11.2 Å². The highest BCUT2D eigenvalue weighted by Crippen LogP contribution is 2.15. The molecule has 0 aromatic carbocycles. The Kier molecular flexibility index (Phi) is 2.87. The summed E-state index contributed by atoms with van der Waals surface area (Å²) in [6, 6.07) is 0. The Hall–Kier alpha value is -1.12. The number of H-pyrrole nitrogens is 2. The largest absolute Gasteiger partial charge is 0.549 e. The Morgan fingerprint density at radius 2 is 2.06 bits per heavy atom. The topological polar surface area (TPSA) is 73.2 Å². The van der Waals surface area contributed by atoms with Gasteiger partial charge in [-0.05, 0) is 6.42 Å². The van der Waals surface area contributed by atoms with Crippen molar-refractivity contribution in [2.45, 2.75) is 19.8 Å². The normalized spacial score (nSPS) is 19.0. The maximum Gasteiger partial charge on any atom is 0.413 e. The lowest BCUT2D eigenvalue weighted by Gasteiger charge is -2.15. The van der Waals surface area contributed by atoms with E-state index in [9.17, 15) is 9.59 Å². The molecule has 8 heteroatoms. The molecule has 0 spiro atoms. The van der Waals surface area contributed by atoms with Crippen LogP contribution in [0.4, 0.5) is 11.5 Å². The summed E-state index contributed by atoms with van der Waals surface area (Å²) in [6.07, 6.45) is 1.57. The first kappa shape index (κ1) is 11.4. The Balaban J connectivity index is 2.67. The highest BCUT2D eigenvalue weighted by molar-refractivity contribution is 7.52. The Morgan fingerprint density at radius 3 is 2.69 bits per heavy atom. The lowest BCUT2D eigenvalue weighted by Crippen LogP contribution is -3.05. The van der Waals surface area contributed by atoms with Gasteiger partial charge in [-0.25, -0.2) is 9.78 Å². The van der Waals surface area contributed by atoms with Crippen LogP contribution in [-0.4, -0.2) is 19.8 Å². The first-order valence-corrected chi connectivity index (χ1v) is 5.58. The third kappa shape index (κ3) is 1.58. The number of quaternary nitrogens is 1. The molecule has 2 heterocycles. The number of amidine groups is 1. The molecule has 1 aliphatic heterocycles. The van der Waals surface area contributed by atoms with Gasteiger partial charge in [0.1, 0.15) is 0 Å². The molecule has 0 bridgehead atoms. The van der Waals surface area contributed by atoms with E-state index in [1.807, 2.05) is 6.92 Å². The van der Waals surface area contributed by atoms with E-state index in [4.69, 9.17) is 25.6 Å². The number of fused-ring (bicyclic) bond motifs is 1. The molecular weight excluding hydrogens is 248 g/mol. The molecule has 3 N–H and O–H groups in total. The number of hydrogen-bond acceptors (Lipinski definition) is 4. The quantitative estimate of drug-likeness (QED) is 0.439. The average molecular weight is 258 g/mol. The van der Waals surface area contributed by atoms with Crippen LogP contribution in [0.15, 0.2) is 9.59 Å². The van der Waals surface area contributed by atoms with Crippen molar-refractivity contribution < 1.29 is 8.29 Å². The molecule has 2 rings (SSSR count). The zero-order valence-electron chi connectivity index (χ0n) is 8.49. The van der Waals surface area contributed by atoms with Gasteiger partial charge in [-0.2, -0.15) is 4.98 Å². The summed E-state index contributed by atoms with van der Waals surface area (Å²) in [7, 11) is 0. The second kappa shape index (κ2) is 4.04. The van der Waals surface area contributed by atoms with Crippen molar-refractivity contribution in [2.24, 2.45) is 0 Å². The van der Waals surface area contributed by atoms with Gasteiger partial charge in [-0.3, -0.25) is 8.78 Å². The fourth-order valence-electron chi connectivity index (χ4n) is 1.66. The number of hydrogen-bond donors (Lipinski definition) is 3. The number of nitrogens with zero attached hydrogens (tertiary/aromatic N) is 1. The van der Waals surface area contributed by atoms with E-state index in [-0.39, 0.29) is 0 Å². The van der Waals surface area contributed by atoms with Crippen LogP contribution in [0.2, 0.25) is 0 Å². The second-order valence-corrected chi connectivity index (χ2v) is 4.23. The monoisotopic (exact) mass is 258 g/mol. The number of nitrogens with one attached hydrogen (secondary N) is 3. The molecule has 1 atom stereocenters. The standard InChI is InChI=1S/C8H10N4O2S2/c1-2-3-4-11(15)5-6(12(4)16)9-8(14)10-7(5)13/h11H,2-3H2,1H3,(H2,9,10,13,14). The molecule has 6 nitrogen and oxygen atoms in total. The van der Waals surface area contributed by atoms with Gasteiger partial charge in [0, 0.05) is 0 Å². The van der Waals surface area contributed by atoms with E-state index in [1.54, 1.807) is 0 Å². The van der Waals surface area contributed by atoms with Gasteiger partial charge in [0.15, 0.2) is 0 Å². The van der Waals surface area contributed by atoms with E-state index in [1.165, 1.54) is 3.98 Å². The van der Waals surface area contributed by atoms with E-state index in [0.717, 1.165) is 12.3 Å². The van der Waals surface area contributed by atoms with Crippen molar-refractivity contribution in [2.75, 3.05) is 0 Å². The van der Waals surface area contributed by atoms with Crippen molar-refractivity contribution in [3.05, 3.63) is 20.8 Å². The van der Waals surface area contributed by atoms with Crippen molar-refractivity contribution >= 4 is 43.0 Å². The van der Waals surface area contributed by atoms with Gasteiger partial charge < -0.3 is 29.9 Å². The predicted molar refractivity (Wildman–Crippen MR) is 62.9 cm³/mol. The van der Waals surface area contributed by atoms with Crippen LogP contribution in [-0.2, 0) is 25.6 Å². The molecule has 0 saturated heterocycles. The molecule has 16 heavy (non-hydrogen) atoms. The summed E-state index contributed by atoms with van der Waals surface area (Å²) in [4.78, 5) is 27.4. The van der Waals surface area contributed by atoms with E-state index >= 15 is 0 Å². The fourth-order valence-corrected chi connectivity index (χ4v) is 2.42. The Morgan fingerprint density at radius 1 is 1.38 bits per heavy atom. The highest BCUT2D eigenvalue weighted by Gasteiger charge is 2.32. The van der Waals surface area contributed by atoms with Crippen molar-refractivity contribution in [1.82, 2.24) is 9.97 Å². The van der Waals surface area contributed by atoms with Crippen LogP contribution in [0.3, 0.4) is 0 Å². The van der Waals surface area contributed by atoms with Crippen molar-refractivity contribution in [1.29, 1.82) is 0 Å². The first-order valence-electron chi connectivity index (χ1n) is 4.80. The Bertz CT molecular complexity index is 574. The van der Waals surface area contributed by atoms with Crippen molar-refractivity contribution in [3.8, 4) is 0 Å². The second-order valence-electron chi connectivity index (χ2n) is 3.45. The number of aromatic amines is 2. The summed E-state index contributed by atoms with van der Waals surface area (Å²) in [5, 5.41) is 0. The van der Waals surface area contributed by atoms with Crippen molar-refractivity contribution in [3.63, 3.8) is 0 Å². The van der Waals surface area contributed by atoms with Crippen LogP contribution < -0.4 is 15.6 Å². The molecule has 0 amide bonds. The minimum absolute atomic E-state index is 0.299. The zero-order valence-corrected chi connectivity index (χ0v) is 10.1. The lowest BCUT2D eigenvalue weighted by atomic mass is 10.3. The van der Waals surface area contributed by atoms with Gasteiger partial charge in [0.25, 0.3) is 5.69 Å². The van der Waals surface area contributed by atoms with Gasteiger partial charge in [-0.15, -0.1) is 0 Å². The minimum Gasteiger partial charge on any atom is -0.549 e. The molecule has 0 aliphatic carbocycles. The molecule has 1 aromatic heterocycles. The first-order chi connectivity index (χ1) is 7.56. The summed E-state index contributed by atoms with van der Waals surface area (Å²) in [6.45, 7) is 1.99. The predicted octanol–water partition coefficient (Wildman–Crippen LogP) is -1.64. The van der Waals surface area contributed by atoms with Crippen LogP contribution >= 0.6 is 0 Å². The van der Waals surface area contributed by atoms with E-state index in [2.05, 4.69) is 9.97 Å². The summed E-state index contributed by atoms with van der Waals surface area (Å²) >= 11 is 10.3. The Labute approximate surface area is 102 Å². The maximum absolute atomic E-state index is 11.6. The summed E-state index contributed by atoms with van der Waals surface area (Å²) in [5.41, 5.74) is -0.753. The summed E-state index contributed by atoms with van der Waals surface area (Å²) in [5.74, 6) is 1.05. The molecule has 1 aliphatic rings. The molecule has 0 fully saturated rings. The summed E-state index contributed by atoms with van der Waals surface area (Å²) < 4.78 is 1.81. The van der Waals surface area contributed by atoms with Gasteiger partial charge in [-0.1, -0.05) is 6.92 Å². The van der Waals surface area contributed by atoms with E-state index in [0.29, 0.717) is 22.2 Å². The lowest BCUT2D eigenvalue weighted by molar-refractivity contribution is -0.573. The van der Waals surface area contributed by atoms with Crippen LogP contribution in [0, 0.1) is 0 Å². The van der Waals surface area contributed by atoms with Gasteiger partial charge in [0.2, 0.25) is 5.84 Å². The highest BCUT2D eigenvalue weighted by atomic mass is 32.1. The van der Waals surface area contributed by atoms with Crippen LogP contribution in [0.1, 0.15) is 19.8 Å². The number of rotatable bonds is 2. The molecule has 1 aromatic rings. The van der Waals surface area contributed by atoms with Crippen LogP contribution in [0.5, 0.6) is 0 Å². The maximum atomic E-state index is 11.6. The SMILES string of the molecule is CCCC1=[N+]([S-])c2[nH]c(=O)[nH]c(=O)c2[NH+]1[S-]. The van der Waals surface area contributed by atoms with Crippen LogP contribution in [0.25, 0.3) is 0 Å². The molecule has 1 unspecified atom stereocenters. The third-order valence-electron chi connectivity index (χ3n) is 2.35. The smallest absolute Gasteiger partial charge is 0.413 e. The average Bonchev–Trinajstić information content (AvgIpc) is 2.43. The van der Waals surface area contributed by atoms with Gasteiger partial charge >= 0.3 is 17.1 Å². The number of aromatic nitrogens is 2.